The summed E-state index contributed by atoms with van der Waals surface area (Å²) >= 11 is 0. The molecule has 2 aromatic carbocycles. The average molecular weight is 356 g/mol. The molecule has 1 aliphatic heterocycles. The van der Waals surface area contributed by atoms with Gasteiger partial charge >= 0.3 is 0 Å². The minimum atomic E-state index is 0.627. The summed E-state index contributed by atoms with van der Waals surface area (Å²) in [6, 6.07) is 16.8. The van der Waals surface area contributed by atoms with Crippen molar-refractivity contribution in [3.8, 4) is 17.2 Å². The van der Waals surface area contributed by atoms with Gasteiger partial charge in [-0.15, -0.1) is 0 Å². The number of nitriles is 1. The van der Waals surface area contributed by atoms with E-state index in [0.717, 1.165) is 49.2 Å². The molecule has 2 heterocycles. The molecule has 1 aromatic heterocycles. The van der Waals surface area contributed by atoms with Crippen LogP contribution in [0.15, 0.2) is 48.7 Å². The summed E-state index contributed by atoms with van der Waals surface area (Å²) in [5.41, 5.74) is 6.50. The van der Waals surface area contributed by atoms with Crippen LogP contribution in [0.2, 0.25) is 0 Å². The summed E-state index contributed by atoms with van der Waals surface area (Å²) in [4.78, 5) is 9.40. The van der Waals surface area contributed by atoms with Crippen molar-refractivity contribution in [1.29, 1.82) is 5.26 Å². The highest BCUT2D eigenvalue weighted by Gasteiger charge is 2.18. The fourth-order valence-electron chi connectivity index (χ4n) is 3.89. The maximum atomic E-state index is 9.43. The molecule has 1 fully saturated rings. The molecule has 0 amide bonds. The molecule has 0 aliphatic carbocycles. The molecule has 0 saturated carbocycles. The fourth-order valence-corrected chi connectivity index (χ4v) is 3.89. The molecule has 4 nitrogen and oxygen atoms in total. The van der Waals surface area contributed by atoms with Gasteiger partial charge in [-0.3, -0.25) is 9.88 Å². The second kappa shape index (κ2) is 7.48. The summed E-state index contributed by atoms with van der Waals surface area (Å²) in [6.45, 7) is 7.58. The lowest BCUT2D eigenvalue weighted by atomic mass is 9.92. The van der Waals surface area contributed by atoms with Crippen LogP contribution in [0.5, 0.6) is 0 Å². The molecule has 0 bridgehead atoms. The smallest absolute Gasteiger partial charge is 0.101 e. The van der Waals surface area contributed by atoms with E-state index in [1.807, 2.05) is 12.1 Å². The van der Waals surface area contributed by atoms with Crippen LogP contribution in [0.25, 0.3) is 22.0 Å². The van der Waals surface area contributed by atoms with Gasteiger partial charge in [-0.25, -0.2) is 0 Å². The van der Waals surface area contributed by atoms with Gasteiger partial charge in [0.1, 0.15) is 6.07 Å². The first-order chi connectivity index (χ1) is 13.2. The lowest BCUT2D eigenvalue weighted by molar-refractivity contribution is 0.148. The van der Waals surface area contributed by atoms with Gasteiger partial charge in [0.2, 0.25) is 0 Å². The van der Waals surface area contributed by atoms with Crippen molar-refractivity contribution < 1.29 is 0 Å². The van der Waals surface area contributed by atoms with Gasteiger partial charge in [-0.2, -0.15) is 5.26 Å². The number of pyridine rings is 1. The minimum Gasteiger partial charge on any atom is -0.304 e. The van der Waals surface area contributed by atoms with Crippen molar-refractivity contribution in [2.24, 2.45) is 0 Å². The van der Waals surface area contributed by atoms with Crippen LogP contribution in [0.3, 0.4) is 0 Å². The Labute approximate surface area is 160 Å². The summed E-state index contributed by atoms with van der Waals surface area (Å²) < 4.78 is 0. The highest BCUT2D eigenvalue weighted by molar-refractivity contribution is 5.98. The van der Waals surface area contributed by atoms with E-state index in [4.69, 9.17) is 0 Å². The van der Waals surface area contributed by atoms with Gasteiger partial charge in [0.25, 0.3) is 0 Å². The third-order valence-corrected chi connectivity index (χ3v) is 5.57. The van der Waals surface area contributed by atoms with Crippen LogP contribution < -0.4 is 0 Å². The van der Waals surface area contributed by atoms with Crippen molar-refractivity contribution >= 4 is 10.9 Å². The first-order valence-electron chi connectivity index (χ1n) is 9.45. The Morgan fingerprint density at radius 1 is 1.00 bits per heavy atom. The third-order valence-electron chi connectivity index (χ3n) is 5.57. The molecule has 0 radical (unpaired) electrons. The maximum Gasteiger partial charge on any atom is 0.101 e. The topological polar surface area (TPSA) is 43.2 Å². The molecule has 1 aliphatic rings. The first kappa shape index (κ1) is 17.7. The number of likely N-dealkylation sites (N-methyl/N-ethyl adjacent to an activating group) is 1. The molecule has 0 atom stereocenters. The number of benzene rings is 2. The molecular weight excluding hydrogens is 332 g/mol. The molecule has 0 unspecified atom stereocenters. The van der Waals surface area contributed by atoms with Gasteiger partial charge in [-0.1, -0.05) is 30.3 Å². The SMILES string of the molecule is Cc1cccc(-c2ccc(C#N)c3ncccc23)c1CN1CCN(C)CC1. The molecule has 0 N–H and O–H groups in total. The standard InChI is InChI=1S/C23H24N4/c1-17-5-3-6-19(22(17)16-27-13-11-26(2)12-14-27)20-9-8-18(15-24)23-21(20)7-4-10-25-23/h3-10H,11-14,16H2,1-2H3. The fraction of sp³-hybridized carbons (Fsp3) is 0.304. The number of nitrogens with zero attached hydrogens (tertiary/aromatic N) is 4. The lowest BCUT2D eigenvalue weighted by Gasteiger charge is -2.33. The number of hydrogen-bond donors (Lipinski definition) is 0. The Bertz CT molecular complexity index is 1010. The monoisotopic (exact) mass is 356 g/mol. The molecular formula is C23H24N4. The van der Waals surface area contributed by atoms with Crippen LogP contribution in [-0.4, -0.2) is 48.0 Å². The third kappa shape index (κ3) is 3.44. The van der Waals surface area contributed by atoms with E-state index in [2.05, 4.69) is 65.2 Å². The largest absolute Gasteiger partial charge is 0.304 e. The highest BCUT2D eigenvalue weighted by atomic mass is 15.2. The van der Waals surface area contributed by atoms with Crippen molar-refractivity contribution in [3.05, 3.63) is 65.4 Å². The van der Waals surface area contributed by atoms with E-state index in [0.29, 0.717) is 5.56 Å². The molecule has 27 heavy (non-hydrogen) atoms. The van der Waals surface area contributed by atoms with Gasteiger partial charge in [0.15, 0.2) is 0 Å². The molecule has 4 rings (SSSR count). The van der Waals surface area contributed by atoms with Crippen LogP contribution in [-0.2, 0) is 6.54 Å². The van der Waals surface area contributed by atoms with Crippen molar-refractivity contribution in [3.63, 3.8) is 0 Å². The normalized spacial score (nSPS) is 15.7. The number of fused-ring (bicyclic) bond motifs is 1. The van der Waals surface area contributed by atoms with Crippen LogP contribution in [0, 0.1) is 18.3 Å². The zero-order valence-electron chi connectivity index (χ0n) is 15.9. The number of hydrogen-bond acceptors (Lipinski definition) is 4. The van der Waals surface area contributed by atoms with E-state index >= 15 is 0 Å². The predicted octanol–water partition coefficient (Wildman–Crippen LogP) is 3.83. The van der Waals surface area contributed by atoms with E-state index in [1.54, 1.807) is 6.20 Å². The Morgan fingerprint density at radius 3 is 2.59 bits per heavy atom. The Morgan fingerprint density at radius 2 is 1.81 bits per heavy atom. The molecule has 4 heteroatoms. The number of aromatic nitrogens is 1. The van der Waals surface area contributed by atoms with Crippen molar-refractivity contribution in [1.82, 2.24) is 14.8 Å². The molecule has 136 valence electrons. The van der Waals surface area contributed by atoms with Crippen molar-refractivity contribution in [2.45, 2.75) is 13.5 Å². The molecule has 3 aromatic rings. The predicted molar refractivity (Wildman–Crippen MR) is 109 cm³/mol. The minimum absolute atomic E-state index is 0.627. The Hall–Kier alpha value is -2.74. The van der Waals surface area contributed by atoms with E-state index in [-0.39, 0.29) is 0 Å². The van der Waals surface area contributed by atoms with E-state index < -0.39 is 0 Å². The average Bonchev–Trinajstić information content (AvgIpc) is 2.70. The highest BCUT2D eigenvalue weighted by Crippen LogP contribution is 2.33. The van der Waals surface area contributed by atoms with Gasteiger partial charge in [0.05, 0.1) is 11.1 Å². The summed E-state index contributed by atoms with van der Waals surface area (Å²) in [5, 5.41) is 10.5. The van der Waals surface area contributed by atoms with Crippen molar-refractivity contribution in [2.75, 3.05) is 33.2 Å². The molecule has 1 saturated heterocycles. The number of piperazine rings is 1. The second-order valence-electron chi connectivity index (χ2n) is 7.35. The lowest BCUT2D eigenvalue weighted by Crippen LogP contribution is -2.44. The number of aryl methyl sites for hydroxylation is 1. The van der Waals surface area contributed by atoms with Gasteiger partial charge in [0, 0.05) is 44.3 Å². The Kier molecular flexibility index (Phi) is 4.89. The summed E-state index contributed by atoms with van der Waals surface area (Å²) in [5.74, 6) is 0. The van der Waals surface area contributed by atoms with E-state index in [1.165, 1.54) is 16.7 Å². The first-order valence-corrected chi connectivity index (χ1v) is 9.45. The van der Waals surface area contributed by atoms with Crippen LogP contribution >= 0.6 is 0 Å². The second-order valence-corrected chi connectivity index (χ2v) is 7.35. The van der Waals surface area contributed by atoms with Crippen LogP contribution in [0.4, 0.5) is 0 Å². The summed E-state index contributed by atoms with van der Waals surface area (Å²) in [7, 11) is 2.19. The summed E-state index contributed by atoms with van der Waals surface area (Å²) in [6.07, 6.45) is 1.76. The van der Waals surface area contributed by atoms with E-state index in [9.17, 15) is 5.26 Å². The molecule has 0 spiro atoms. The zero-order valence-corrected chi connectivity index (χ0v) is 15.9. The quantitative estimate of drug-likeness (QED) is 0.715. The van der Waals surface area contributed by atoms with Gasteiger partial charge < -0.3 is 4.90 Å². The van der Waals surface area contributed by atoms with Crippen LogP contribution in [0.1, 0.15) is 16.7 Å². The number of rotatable bonds is 3. The van der Waals surface area contributed by atoms with Gasteiger partial charge in [-0.05, 0) is 48.4 Å². The Balaban J connectivity index is 1.80. The maximum absolute atomic E-state index is 9.43. The zero-order chi connectivity index (χ0) is 18.8.